The van der Waals surface area contributed by atoms with E-state index in [2.05, 4.69) is 24.5 Å². The minimum absolute atomic E-state index is 0.0350. The van der Waals surface area contributed by atoms with Crippen LogP contribution >= 0.6 is 0 Å². The van der Waals surface area contributed by atoms with E-state index in [9.17, 15) is 44.6 Å². The molecule has 4 rings (SSSR count). The van der Waals surface area contributed by atoms with Crippen molar-refractivity contribution in [1.82, 2.24) is 10.6 Å². The van der Waals surface area contributed by atoms with Gasteiger partial charge in [-0.2, -0.15) is 0 Å². The van der Waals surface area contributed by atoms with Gasteiger partial charge in [-0.05, 0) is 77.0 Å². The van der Waals surface area contributed by atoms with Crippen LogP contribution < -0.4 is 10.6 Å². The maximum atomic E-state index is 13.0. The summed E-state index contributed by atoms with van der Waals surface area (Å²) in [6.07, 6.45) is 6.52. The Hall–Kier alpha value is -2.84. The second-order valence-electron chi connectivity index (χ2n) is 15.1. The van der Waals surface area contributed by atoms with Gasteiger partial charge in [-0.3, -0.25) is 29.3 Å². The number of carbonyl (C=O) groups excluding carboxylic acids is 2. The first-order chi connectivity index (χ1) is 22.2. The van der Waals surface area contributed by atoms with Gasteiger partial charge >= 0.3 is 11.9 Å². The number of carbonyl (C=O) groups is 4. The van der Waals surface area contributed by atoms with Crippen LogP contribution in [0.25, 0.3) is 0 Å². The van der Waals surface area contributed by atoms with Crippen molar-refractivity contribution in [2.45, 2.75) is 140 Å². The van der Waals surface area contributed by atoms with Crippen LogP contribution in [0, 0.1) is 39.2 Å². The molecule has 6 atom stereocenters. The number of carboxylic acid groups (broad SMARTS) is 2. The van der Waals surface area contributed by atoms with Gasteiger partial charge in [0.25, 0.3) is 0 Å². The van der Waals surface area contributed by atoms with E-state index >= 15 is 0 Å². The maximum absolute atomic E-state index is 13.0. The van der Waals surface area contributed by atoms with Crippen LogP contribution in [0.3, 0.4) is 0 Å². The molecule has 14 nitrogen and oxygen atoms in total. The van der Waals surface area contributed by atoms with Gasteiger partial charge in [0.1, 0.15) is 0 Å². The van der Waals surface area contributed by atoms with Gasteiger partial charge in [0.05, 0.1) is 55.2 Å². The molecule has 4 aliphatic carbocycles. The van der Waals surface area contributed by atoms with Gasteiger partial charge in [-0.1, -0.05) is 13.8 Å². The molecule has 5 N–H and O–H groups in total. The van der Waals surface area contributed by atoms with Gasteiger partial charge in [0.2, 0.25) is 17.9 Å². The first-order valence-corrected chi connectivity index (χ1v) is 17.3. The minimum Gasteiger partial charge on any atom is -0.481 e. The average Bonchev–Trinajstić information content (AvgIpc) is 3.03. The lowest BCUT2D eigenvalue weighted by Crippen LogP contribution is -2.48. The van der Waals surface area contributed by atoms with Crippen molar-refractivity contribution < 1.29 is 48.9 Å². The highest BCUT2D eigenvalue weighted by Gasteiger charge is 2.44. The molecule has 2 amide bonds. The van der Waals surface area contributed by atoms with Crippen molar-refractivity contribution in [3.63, 3.8) is 0 Å². The summed E-state index contributed by atoms with van der Waals surface area (Å²) in [4.78, 5) is 60.0. The van der Waals surface area contributed by atoms with E-state index in [1.807, 2.05) is 0 Å². The number of rotatable bonds is 13. The zero-order chi connectivity index (χ0) is 34.3. The third-order valence-electron chi connectivity index (χ3n) is 10.7. The number of nitro groups is 1. The van der Waals surface area contributed by atoms with Gasteiger partial charge in [-0.25, -0.2) is 0 Å². The van der Waals surface area contributed by atoms with Gasteiger partial charge in [0.15, 0.2) is 0 Å². The second-order valence-corrected chi connectivity index (χ2v) is 15.1. The smallest absolute Gasteiger partial charge is 0.307 e. The van der Waals surface area contributed by atoms with E-state index in [0.717, 1.165) is 38.5 Å². The van der Waals surface area contributed by atoms with Crippen molar-refractivity contribution in [3.8, 4) is 0 Å². The number of carboxylic acids is 2. The van der Waals surface area contributed by atoms with E-state index in [0.29, 0.717) is 38.9 Å². The molecule has 266 valence electrons. The van der Waals surface area contributed by atoms with E-state index in [4.69, 9.17) is 9.47 Å². The Balaban J connectivity index is 1.12. The summed E-state index contributed by atoms with van der Waals surface area (Å²) in [5.41, 5.74) is -0.232. The Morgan fingerprint density at radius 3 is 1.53 bits per heavy atom. The molecule has 47 heavy (non-hydrogen) atoms. The maximum Gasteiger partial charge on any atom is 0.307 e. The fourth-order valence-corrected chi connectivity index (χ4v) is 7.75. The average molecular weight is 668 g/mol. The number of ether oxygens (including phenoxy) is 2. The molecule has 0 heterocycles. The highest BCUT2D eigenvalue weighted by atomic mass is 16.6. The number of amides is 2. The SMILES string of the molecule is CC(C)(COC1CCC(NC(=O)C2CC(O)CCC2C(=O)O)CC1)COC1CCC(NC(=O)C2CC([N+](=O)[O-])CCC2C(=O)O)CC1. The van der Waals surface area contributed by atoms with Crippen LogP contribution in [0.2, 0.25) is 0 Å². The molecule has 6 unspecified atom stereocenters. The first-order valence-electron chi connectivity index (χ1n) is 17.3. The molecule has 0 bridgehead atoms. The molecule has 0 aromatic rings. The van der Waals surface area contributed by atoms with E-state index in [1.54, 1.807) is 0 Å². The summed E-state index contributed by atoms with van der Waals surface area (Å²) in [5.74, 6) is -6.02. The molecular weight excluding hydrogens is 614 g/mol. The van der Waals surface area contributed by atoms with Crippen LogP contribution in [0.1, 0.15) is 104 Å². The Morgan fingerprint density at radius 2 is 1.11 bits per heavy atom. The molecule has 0 saturated heterocycles. The van der Waals surface area contributed by atoms with Gasteiger partial charge in [-0.15, -0.1) is 0 Å². The molecule has 0 aromatic carbocycles. The quantitative estimate of drug-likeness (QED) is 0.142. The van der Waals surface area contributed by atoms with Gasteiger partial charge in [0, 0.05) is 35.3 Å². The lowest BCUT2D eigenvalue weighted by molar-refractivity contribution is -0.528. The number of aliphatic hydroxyl groups is 1. The predicted molar refractivity (Wildman–Crippen MR) is 168 cm³/mol. The van der Waals surface area contributed by atoms with E-state index < -0.39 is 58.6 Å². The van der Waals surface area contributed by atoms with Crippen LogP contribution in [-0.2, 0) is 28.7 Å². The highest BCUT2D eigenvalue weighted by molar-refractivity contribution is 5.85. The van der Waals surface area contributed by atoms with E-state index in [1.165, 1.54) is 0 Å². The van der Waals surface area contributed by atoms with Crippen molar-refractivity contribution in [2.75, 3.05) is 13.2 Å². The molecule has 0 radical (unpaired) electrons. The summed E-state index contributed by atoms with van der Waals surface area (Å²) in [6, 6.07) is -1.04. The predicted octanol–water partition coefficient (Wildman–Crippen LogP) is 2.91. The third kappa shape index (κ3) is 10.6. The molecule has 4 aliphatic rings. The fraction of sp³-hybridized carbons (Fsp3) is 0.879. The molecule has 14 heteroatoms. The standard InChI is InChI=1S/C33H53N3O11/c1-33(2,18-47-24-11-5-20(6-12-24)35-30(39)28-16-22(37)8-14-26(28)32(42)43)17-46-23-9-3-19(4-10-23)34-29(38)27-15-21(36(44)45)7-13-25(27)31(40)41/h19-28,37H,3-18H2,1-2H3,(H,34,38)(H,35,39)(H,40,41)(H,42,43). The van der Waals surface area contributed by atoms with Crippen molar-refractivity contribution in [3.05, 3.63) is 10.1 Å². The number of nitrogens with zero attached hydrogens (tertiary/aromatic N) is 1. The Bertz CT molecular complexity index is 1120. The Kier molecular flexibility index (Phi) is 13.0. The fourth-order valence-electron chi connectivity index (χ4n) is 7.75. The number of aliphatic hydroxyl groups excluding tert-OH is 1. The molecule has 0 aromatic heterocycles. The number of nitrogens with one attached hydrogen (secondary N) is 2. The zero-order valence-corrected chi connectivity index (χ0v) is 27.6. The second kappa shape index (κ2) is 16.5. The molecular formula is C33H53N3O11. The Morgan fingerprint density at radius 1 is 0.681 bits per heavy atom. The summed E-state index contributed by atoms with van der Waals surface area (Å²) in [6.45, 7) is 5.19. The lowest BCUT2D eigenvalue weighted by Gasteiger charge is -2.36. The highest BCUT2D eigenvalue weighted by Crippen LogP contribution is 2.34. The summed E-state index contributed by atoms with van der Waals surface area (Å²) in [5, 5.41) is 46.3. The lowest BCUT2D eigenvalue weighted by atomic mass is 9.76. The van der Waals surface area contributed by atoms with Crippen molar-refractivity contribution in [2.24, 2.45) is 29.1 Å². The van der Waals surface area contributed by atoms with Crippen LogP contribution in [0.5, 0.6) is 0 Å². The zero-order valence-electron chi connectivity index (χ0n) is 27.6. The van der Waals surface area contributed by atoms with E-state index in [-0.39, 0.29) is 61.3 Å². The van der Waals surface area contributed by atoms with Crippen molar-refractivity contribution in [1.29, 1.82) is 0 Å². The summed E-state index contributed by atoms with van der Waals surface area (Å²) < 4.78 is 12.5. The largest absolute Gasteiger partial charge is 0.481 e. The van der Waals surface area contributed by atoms with Crippen LogP contribution in [0.15, 0.2) is 0 Å². The molecule has 0 aliphatic heterocycles. The first kappa shape index (κ1) is 37.0. The third-order valence-corrected chi connectivity index (χ3v) is 10.7. The Labute approximate surface area is 275 Å². The van der Waals surface area contributed by atoms with Crippen LogP contribution in [0.4, 0.5) is 0 Å². The monoisotopic (exact) mass is 667 g/mol. The summed E-state index contributed by atoms with van der Waals surface area (Å²) >= 11 is 0. The molecule has 4 saturated carbocycles. The number of hydrogen-bond acceptors (Lipinski definition) is 9. The number of aliphatic carboxylic acids is 2. The molecule has 4 fully saturated rings. The normalized spacial score (nSPS) is 35.0. The molecule has 0 spiro atoms. The van der Waals surface area contributed by atoms with Crippen LogP contribution in [-0.4, -0.2) is 93.6 Å². The summed E-state index contributed by atoms with van der Waals surface area (Å²) in [7, 11) is 0. The van der Waals surface area contributed by atoms with Gasteiger partial charge < -0.3 is 35.4 Å². The van der Waals surface area contributed by atoms with Crippen molar-refractivity contribution >= 4 is 23.8 Å². The number of hydrogen-bond donors (Lipinski definition) is 5. The topological polar surface area (TPSA) is 215 Å². The minimum atomic E-state index is -1.08.